The van der Waals surface area contributed by atoms with Gasteiger partial charge in [0.25, 0.3) is 0 Å². The molecule has 126 valence electrons. The van der Waals surface area contributed by atoms with Crippen molar-refractivity contribution in [3.05, 3.63) is 53.6 Å². The van der Waals surface area contributed by atoms with E-state index in [-0.39, 0.29) is 5.75 Å². The lowest BCUT2D eigenvalue weighted by molar-refractivity contribution is 0.0342. The van der Waals surface area contributed by atoms with Crippen LogP contribution in [0.25, 0.3) is 0 Å². The second-order valence-corrected chi connectivity index (χ2v) is 5.74. The monoisotopic (exact) mass is 326 g/mol. The molecule has 24 heavy (non-hydrogen) atoms. The Balaban J connectivity index is 1.65. The Bertz CT molecular complexity index is 692. The Morgan fingerprint density at radius 3 is 2.62 bits per heavy atom. The predicted molar refractivity (Wildman–Crippen MR) is 94.5 cm³/mol. The number of ether oxygens (including phenoxy) is 2. The quantitative estimate of drug-likeness (QED) is 0.858. The van der Waals surface area contributed by atoms with Gasteiger partial charge in [0.1, 0.15) is 11.5 Å². The zero-order valence-corrected chi connectivity index (χ0v) is 13.8. The fraction of sp³-hybridized carbons (Fsp3) is 0.316. The molecule has 0 atom stereocenters. The molecule has 1 N–H and O–H groups in total. The van der Waals surface area contributed by atoms with Crippen molar-refractivity contribution in [2.45, 2.75) is 6.54 Å². The minimum absolute atomic E-state index is 0.184. The number of hydrogen-bond acceptors (Lipinski definition) is 5. The van der Waals surface area contributed by atoms with E-state index in [4.69, 9.17) is 9.47 Å². The Morgan fingerprint density at radius 1 is 1.17 bits per heavy atom. The minimum atomic E-state index is 0.184. The number of phenols is 1. The summed E-state index contributed by atoms with van der Waals surface area (Å²) >= 11 is 0. The Labute approximate surface area is 142 Å². The molecule has 1 fully saturated rings. The first-order chi connectivity index (χ1) is 11.7. The van der Waals surface area contributed by atoms with E-state index >= 15 is 0 Å². The first kappa shape index (κ1) is 16.5. The number of hydrogen-bond donors (Lipinski definition) is 1. The summed E-state index contributed by atoms with van der Waals surface area (Å²) < 4.78 is 10.5. The normalized spacial score (nSPS) is 15.7. The number of aliphatic imine (C=N–C) groups is 1. The van der Waals surface area contributed by atoms with Crippen LogP contribution in [0.5, 0.6) is 11.5 Å². The van der Waals surface area contributed by atoms with Gasteiger partial charge in [0.05, 0.1) is 26.0 Å². The van der Waals surface area contributed by atoms with E-state index in [9.17, 15) is 5.11 Å². The summed E-state index contributed by atoms with van der Waals surface area (Å²) in [5.74, 6) is 0.874. The van der Waals surface area contributed by atoms with Crippen molar-refractivity contribution in [2.75, 3.05) is 33.4 Å². The molecule has 0 aliphatic carbocycles. The highest BCUT2D eigenvalue weighted by Gasteiger charge is 2.10. The maximum absolute atomic E-state index is 9.87. The molecule has 0 bridgehead atoms. The van der Waals surface area contributed by atoms with Crippen molar-refractivity contribution >= 4 is 11.9 Å². The number of morpholine rings is 1. The summed E-state index contributed by atoms with van der Waals surface area (Å²) in [6.07, 6.45) is 1.65. The van der Waals surface area contributed by atoms with Crippen LogP contribution in [-0.4, -0.2) is 49.6 Å². The Kier molecular flexibility index (Phi) is 5.46. The number of methoxy groups -OCH3 is 1. The topological polar surface area (TPSA) is 54.3 Å². The average Bonchev–Trinajstić information content (AvgIpc) is 2.63. The van der Waals surface area contributed by atoms with Crippen molar-refractivity contribution < 1.29 is 14.6 Å². The Hall–Kier alpha value is -2.37. The third kappa shape index (κ3) is 4.34. The van der Waals surface area contributed by atoms with Crippen LogP contribution in [0.3, 0.4) is 0 Å². The highest BCUT2D eigenvalue weighted by molar-refractivity contribution is 5.85. The van der Waals surface area contributed by atoms with E-state index in [1.165, 1.54) is 5.56 Å². The van der Waals surface area contributed by atoms with Crippen LogP contribution in [-0.2, 0) is 11.3 Å². The molecule has 0 spiro atoms. The molecule has 2 aromatic rings. The first-order valence-corrected chi connectivity index (χ1v) is 8.05. The minimum Gasteiger partial charge on any atom is -0.507 e. The van der Waals surface area contributed by atoms with Gasteiger partial charge < -0.3 is 14.6 Å². The van der Waals surface area contributed by atoms with Gasteiger partial charge in [-0.15, -0.1) is 0 Å². The standard InChI is InChI=1S/C19H22N2O3/c1-23-18-6-7-19(22)16(12-18)13-20-17-4-2-15(3-5-17)14-21-8-10-24-11-9-21/h2-7,12-13,22H,8-11,14H2,1H3. The zero-order valence-electron chi connectivity index (χ0n) is 13.8. The fourth-order valence-corrected chi connectivity index (χ4v) is 2.61. The van der Waals surface area contributed by atoms with Crippen LogP contribution in [0.2, 0.25) is 0 Å². The highest BCUT2D eigenvalue weighted by Crippen LogP contribution is 2.22. The number of rotatable bonds is 5. The van der Waals surface area contributed by atoms with Gasteiger partial charge in [0, 0.05) is 31.4 Å². The molecule has 3 rings (SSSR count). The molecule has 0 radical (unpaired) electrons. The van der Waals surface area contributed by atoms with Crippen molar-refractivity contribution in [1.29, 1.82) is 0 Å². The van der Waals surface area contributed by atoms with Crippen molar-refractivity contribution in [3.63, 3.8) is 0 Å². The van der Waals surface area contributed by atoms with Crippen molar-refractivity contribution in [2.24, 2.45) is 4.99 Å². The van der Waals surface area contributed by atoms with Gasteiger partial charge in [0.15, 0.2) is 0 Å². The summed E-state index contributed by atoms with van der Waals surface area (Å²) in [6, 6.07) is 13.2. The zero-order chi connectivity index (χ0) is 16.8. The summed E-state index contributed by atoms with van der Waals surface area (Å²) in [7, 11) is 1.60. The van der Waals surface area contributed by atoms with Gasteiger partial charge in [-0.1, -0.05) is 12.1 Å². The molecule has 1 aliphatic rings. The number of benzene rings is 2. The fourth-order valence-electron chi connectivity index (χ4n) is 2.61. The lowest BCUT2D eigenvalue weighted by Crippen LogP contribution is -2.35. The summed E-state index contributed by atoms with van der Waals surface area (Å²) in [4.78, 5) is 6.81. The van der Waals surface area contributed by atoms with Gasteiger partial charge in [-0.3, -0.25) is 9.89 Å². The molecule has 5 heteroatoms. The predicted octanol–water partition coefficient (Wildman–Crippen LogP) is 2.98. The largest absolute Gasteiger partial charge is 0.507 e. The second kappa shape index (κ2) is 7.95. The third-order valence-corrected chi connectivity index (χ3v) is 4.03. The molecule has 0 amide bonds. The smallest absolute Gasteiger partial charge is 0.124 e. The van der Waals surface area contributed by atoms with Crippen LogP contribution in [0.1, 0.15) is 11.1 Å². The maximum atomic E-state index is 9.87. The molecular weight excluding hydrogens is 304 g/mol. The number of phenolic OH excluding ortho intramolecular Hbond substituents is 1. The second-order valence-electron chi connectivity index (χ2n) is 5.74. The average molecular weight is 326 g/mol. The van der Waals surface area contributed by atoms with Gasteiger partial charge in [0.2, 0.25) is 0 Å². The van der Waals surface area contributed by atoms with Gasteiger partial charge in [-0.05, 0) is 35.9 Å². The van der Waals surface area contributed by atoms with Crippen LogP contribution < -0.4 is 4.74 Å². The molecule has 0 unspecified atom stereocenters. The molecule has 1 saturated heterocycles. The summed E-state index contributed by atoms with van der Waals surface area (Å²) in [6.45, 7) is 4.52. The number of aromatic hydroxyl groups is 1. The molecule has 5 nitrogen and oxygen atoms in total. The van der Waals surface area contributed by atoms with Crippen molar-refractivity contribution in [3.8, 4) is 11.5 Å². The van der Waals surface area contributed by atoms with Crippen LogP contribution in [0, 0.1) is 0 Å². The van der Waals surface area contributed by atoms with E-state index in [2.05, 4.69) is 22.0 Å². The molecule has 0 aromatic heterocycles. The lowest BCUT2D eigenvalue weighted by Gasteiger charge is -2.26. The summed E-state index contributed by atoms with van der Waals surface area (Å²) in [5, 5.41) is 9.87. The lowest BCUT2D eigenvalue weighted by atomic mass is 10.2. The molecule has 1 heterocycles. The van der Waals surface area contributed by atoms with Crippen LogP contribution >= 0.6 is 0 Å². The van der Waals surface area contributed by atoms with E-state index in [1.807, 2.05) is 12.1 Å². The van der Waals surface area contributed by atoms with Crippen molar-refractivity contribution in [1.82, 2.24) is 4.90 Å². The van der Waals surface area contributed by atoms with Crippen LogP contribution in [0.15, 0.2) is 47.5 Å². The Morgan fingerprint density at radius 2 is 1.92 bits per heavy atom. The third-order valence-electron chi connectivity index (χ3n) is 4.03. The SMILES string of the molecule is COc1ccc(O)c(C=Nc2ccc(CN3CCOCC3)cc2)c1. The van der Waals surface area contributed by atoms with E-state index < -0.39 is 0 Å². The molecule has 2 aromatic carbocycles. The summed E-state index contributed by atoms with van der Waals surface area (Å²) in [5.41, 5.74) is 2.75. The van der Waals surface area contributed by atoms with Gasteiger partial charge >= 0.3 is 0 Å². The van der Waals surface area contributed by atoms with Crippen LogP contribution in [0.4, 0.5) is 5.69 Å². The van der Waals surface area contributed by atoms with E-state index in [0.29, 0.717) is 11.3 Å². The molecular formula is C19H22N2O3. The highest BCUT2D eigenvalue weighted by atomic mass is 16.5. The molecule has 0 saturated carbocycles. The first-order valence-electron chi connectivity index (χ1n) is 8.05. The van der Waals surface area contributed by atoms with Gasteiger partial charge in [-0.2, -0.15) is 0 Å². The maximum Gasteiger partial charge on any atom is 0.124 e. The van der Waals surface area contributed by atoms with Gasteiger partial charge in [-0.25, -0.2) is 0 Å². The van der Waals surface area contributed by atoms with E-state index in [1.54, 1.807) is 31.5 Å². The number of nitrogens with zero attached hydrogens (tertiary/aromatic N) is 2. The van der Waals surface area contributed by atoms with E-state index in [0.717, 1.165) is 38.5 Å². The molecule has 1 aliphatic heterocycles.